The maximum absolute atomic E-state index is 10.8. The molecule has 8 heteroatoms. The molecule has 2 heterocycles. The van der Waals surface area contributed by atoms with Gasteiger partial charge in [0.1, 0.15) is 24.4 Å². The van der Waals surface area contributed by atoms with E-state index < -0.39 is 43.6 Å². The molecular formula is C20H20Cl2O6. The Morgan fingerprint density at radius 1 is 0.857 bits per heavy atom. The number of rotatable bonds is 3. The molecule has 6 nitrogen and oxygen atoms in total. The van der Waals surface area contributed by atoms with Gasteiger partial charge in [-0.2, -0.15) is 0 Å². The molecule has 2 fully saturated rings. The first-order chi connectivity index (χ1) is 13.6. The molecule has 2 N–H and O–H groups in total. The zero-order valence-corrected chi connectivity index (χ0v) is 16.3. The lowest BCUT2D eigenvalue weighted by Crippen LogP contribution is -2.51. The summed E-state index contributed by atoms with van der Waals surface area (Å²) in [7, 11) is 0. The standard InChI is InChI=1S/C20H20Cl2O6/c21-13-7-3-1-5-11(13)19-25-10-16-18(28-19)17(24)15(9-23)26-20(27-16)12-6-2-4-8-14(12)22/h1-8,15-20,23-24H,9-10H2/t15-,16+,17+,18+,19?,20?/m1/s1. The lowest BCUT2D eigenvalue weighted by Gasteiger charge is -2.38. The molecule has 2 aromatic rings. The molecule has 2 aliphatic rings. The molecule has 2 unspecified atom stereocenters. The van der Waals surface area contributed by atoms with Gasteiger partial charge in [0.25, 0.3) is 0 Å². The number of aliphatic hydroxyl groups is 2. The van der Waals surface area contributed by atoms with Crippen molar-refractivity contribution >= 4 is 23.2 Å². The Bertz CT molecular complexity index is 819. The summed E-state index contributed by atoms with van der Waals surface area (Å²) in [5, 5.41) is 21.5. The van der Waals surface area contributed by atoms with Gasteiger partial charge in [0.05, 0.1) is 13.2 Å². The van der Waals surface area contributed by atoms with Crippen LogP contribution in [0.4, 0.5) is 0 Å². The molecule has 4 rings (SSSR count). The summed E-state index contributed by atoms with van der Waals surface area (Å²) >= 11 is 12.5. The highest BCUT2D eigenvalue weighted by Gasteiger charge is 2.46. The van der Waals surface area contributed by atoms with Gasteiger partial charge < -0.3 is 29.2 Å². The van der Waals surface area contributed by atoms with Crippen LogP contribution in [0.2, 0.25) is 10.0 Å². The lowest BCUT2D eigenvalue weighted by atomic mass is 10.0. The fraction of sp³-hybridized carbons (Fsp3) is 0.400. The van der Waals surface area contributed by atoms with E-state index in [4.69, 9.17) is 42.1 Å². The number of halogens is 2. The summed E-state index contributed by atoms with van der Waals surface area (Å²) in [6.45, 7) is -0.254. The summed E-state index contributed by atoms with van der Waals surface area (Å²) in [4.78, 5) is 0. The van der Waals surface area contributed by atoms with Crippen LogP contribution in [0, 0.1) is 0 Å². The molecule has 0 aromatic heterocycles. The third-order valence-corrected chi connectivity index (χ3v) is 5.56. The maximum atomic E-state index is 10.8. The third-order valence-electron chi connectivity index (χ3n) is 4.87. The molecule has 0 amide bonds. The van der Waals surface area contributed by atoms with Gasteiger partial charge in [-0.3, -0.25) is 0 Å². The number of aliphatic hydroxyl groups excluding tert-OH is 2. The van der Waals surface area contributed by atoms with Crippen LogP contribution in [0.1, 0.15) is 23.7 Å². The number of ether oxygens (including phenoxy) is 4. The van der Waals surface area contributed by atoms with Crippen LogP contribution in [0.25, 0.3) is 0 Å². The Balaban J connectivity index is 1.60. The molecule has 2 aliphatic heterocycles. The number of hydrogen-bond acceptors (Lipinski definition) is 6. The Morgan fingerprint density at radius 2 is 1.46 bits per heavy atom. The van der Waals surface area contributed by atoms with Crippen molar-refractivity contribution in [2.45, 2.75) is 37.0 Å². The molecule has 150 valence electrons. The van der Waals surface area contributed by atoms with Gasteiger partial charge in [-0.05, 0) is 12.1 Å². The van der Waals surface area contributed by atoms with Crippen LogP contribution in [-0.2, 0) is 18.9 Å². The predicted molar refractivity (Wildman–Crippen MR) is 102 cm³/mol. The maximum Gasteiger partial charge on any atom is 0.186 e. The second kappa shape index (κ2) is 8.65. The van der Waals surface area contributed by atoms with Crippen molar-refractivity contribution < 1.29 is 29.2 Å². The van der Waals surface area contributed by atoms with Crippen molar-refractivity contribution in [3.8, 4) is 0 Å². The Kier molecular flexibility index (Phi) is 6.20. The molecule has 0 spiro atoms. The fourth-order valence-corrected chi connectivity index (χ4v) is 3.85. The van der Waals surface area contributed by atoms with E-state index >= 15 is 0 Å². The molecule has 28 heavy (non-hydrogen) atoms. The molecule has 2 saturated heterocycles. The molecule has 0 aliphatic carbocycles. The van der Waals surface area contributed by atoms with Crippen LogP contribution in [0.5, 0.6) is 0 Å². The zero-order valence-electron chi connectivity index (χ0n) is 14.8. The molecular weight excluding hydrogens is 407 g/mol. The summed E-state index contributed by atoms with van der Waals surface area (Å²) in [5.41, 5.74) is 1.26. The van der Waals surface area contributed by atoms with E-state index in [2.05, 4.69) is 0 Å². The number of hydrogen-bond donors (Lipinski definition) is 2. The van der Waals surface area contributed by atoms with E-state index in [-0.39, 0.29) is 6.61 Å². The highest BCUT2D eigenvalue weighted by Crippen LogP contribution is 2.39. The third kappa shape index (κ3) is 3.92. The normalized spacial score (nSPS) is 33.1. The molecule has 0 bridgehead atoms. The minimum absolute atomic E-state index is 0.153. The van der Waals surface area contributed by atoms with Crippen molar-refractivity contribution in [3.63, 3.8) is 0 Å². The number of benzene rings is 2. The minimum atomic E-state index is -1.13. The van der Waals surface area contributed by atoms with Crippen LogP contribution in [0.15, 0.2) is 48.5 Å². The average molecular weight is 427 g/mol. The quantitative estimate of drug-likeness (QED) is 0.784. The topological polar surface area (TPSA) is 77.4 Å². The summed E-state index contributed by atoms with van der Waals surface area (Å²) < 4.78 is 23.7. The van der Waals surface area contributed by atoms with E-state index in [1.54, 1.807) is 30.3 Å². The zero-order chi connectivity index (χ0) is 19.7. The Hall–Kier alpha value is -1.22. The second-order valence-electron chi connectivity index (χ2n) is 6.66. The van der Waals surface area contributed by atoms with E-state index in [9.17, 15) is 10.2 Å². The van der Waals surface area contributed by atoms with Gasteiger partial charge in [-0.1, -0.05) is 59.6 Å². The van der Waals surface area contributed by atoms with E-state index in [1.165, 1.54) is 0 Å². The van der Waals surface area contributed by atoms with E-state index in [1.807, 2.05) is 18.2 Å². The van der Waals surface area contributed by atoms with Crippen molar-refractivity contribution in [2.75, 3.05) is 13.2 Å². The van der Waals surface area contributed by atoms with Crippen molar-refractivity contribution in [2.24, 2.45) is 0 Å². The van der Waals surface area contributed by atoms with Gasteiger partial charge >= 0.3 is 0 Å². The largest absolute Gasteiger partial charge is 0.394 e. The SMILES string of the molecule is OC[C@H]1OC(c2ccccc2Cl)O[C@H]2COC(c3ccccc3Cl)O[C@@H]2[C@H]1O. The monoisotopic (exact) mass is 426 g/mol. The van der Waals surface area contributed by atoms with Crippen LogP contribution < -0.4 is 0 Å². The summed E-state index contributed by atoms with van der Waals surface area (Å²) in [5.74, 6) is 0. The van der Waals surface area contributed by atoms with Gasteiger partial charge in [-0.15, -0.1) is 0 Å². The fourth-order valence-electron chi connectivity index (χ4n) is 3.40. The lowest BCUT2D eigenvalue weighted by molar-refractivity contribution is -0.289. The van der Waals surface area contributed by atoms with Gasteiger partial charge in [0, 0.05) is 21.2 Å². The van der Waals surface area contributed by atoms with E-state index in [0.29, 0.717) is 21.2 Å². The van der Waals surface area contributed by atoms with Gasteiger partial charge in [-0.25, -0.2) is 0 Å². The van der Waals surface area contributed by atoms with E-state index in [0.717, 1.165) is 0 Å². The number of fused-ring (bicyclic) bond motifs is 1. The second-order valence-corrected chi connectivity index (χ2v) is 7.48. The van der Waals surface area contributed by atoms with Gasteiger partial charge in [0.2, 0.25) is 0 Å². The van der Waals surface area contributed by atoms with Crippen LogP contribution in [0.3, 0.4) is 0 Å². The first kappa shape index (κ1) is 20.1. The highest BCUT2D eigenvalue weighted by molar-refractivity contribution is 6.31. The molecule has 0 saturated carbocycles. The molecule has 6 atom stereocenters. The molecule has 0 radical (unpaired) electrons. The predicted octanol–water partition coefficient (Wildman–Crippen LogP) is 3.24. The van der Waals surface area contributed by atoms with Crippen molar-refractivity contribution in [1.82, 2.24) is 0 Å². The highest BCUT2D eigenvalue weighted by atomic mass is 35.5. The Morgan fingerprint density at radius 3 is 2.07 bits per heavy atom. The summed E-state index contributed by atoms with van der Waals surface area (Å²) in [6, 6.07) is 14.3. The first-order valence-electron chi connectivity index (χ1n) is 8.94. The minimum Gasteiger partial charge on any atom is -0.394 e. The van der Waals surface area contributed by atoms with Gasteiger partial charge in [0.15, 0.2) is 12.6 Å². The van der Waals surface area contributed by atoms with Crippen molar-refractivity contribution in [1.29, 1.82) is 0 Å². The van der Waals surface area contributed by atoms with Crippen LogP contribution >= 0.6 is 23.2 Å². The average Bonchev–Trinajstić information content (AvgIpc) is 2.85. The summed E-state index contributed by atoms with van der Waals surface area (Å²) in [6.07, 6.45) is -5.08. The van der Waals surface area contributed by atoms with Crippen LogP contribution in [-0.4, -0.2) is 47.8 Å². The Labute approximate surface area is 172 Å². The first-order valence-corrected chi connectivity index (χ1v) is 9.70. The smallest absolute Gasteiger partial charge is 0.186 e. The van der Waals surface area contributed by atoms with Crippen molar-refractivity contribution in [3.05, 3.63) is 69.7 Å². The molecule has 2 aromatic carbocycles.